The number of carboxylic acid groups (broad SMARTS) is 1. The summed E-state index contributed by atoms with van der Waals surface area (Å²) < 4.78 is 11.0. The molecule has 1 atom stereocenters. The first-order valence-electron chi connectivity index (χ1n) is 12.2. The number of hydrogen-bond acceptors (Lipinski definition) is 7. The van der Waals surface area contributed by atoms with Gasteiger partial charge in [-0.25, -0.2) is 14.6 Å². The number of nitrogens with zero attached hydrogens (tertiary/aromatic N) is 2. The Bertz CT molecular complexity index is 897. The number of ether oxygens (including phenoxy) is 2. The first-order chi connectivity index (χ1) is 16.4. The van der Waals surface area contributed by atoms with Crippen LogP contribution in [-0.4, -0.2) is 77.5 Å². The molecule has 34 heavy (non-hydrogen) atoms. The molecule has 1 aromatic rings. The molecule has 1 saturated heterocycles. The Morgan fingerprint density at radius 2 is 2.06 bits per heavy atom. The summed E-state index contributed by atoms with van der Waals surface area (Å²) in [5.74, 6) is 0.427. The van der Waals surface area contributed by atoms with E-state index in [2.05, 4.69) is 22.8 Å². The highest BCUT2D eigenvalue weighted by Gasteiger charge is 2.33. The van der Waals surface area contributed by atoms with Crippen molar-refractivity contribution in [2.75, 3.05) is 31.6 Å². The van der Waals surface area contributed by atoms with Crippen LogP contribution in [0.5, 0.6) is 0 Å². The van der Waals surface area contributed by atoms with E-state index in [0.717, 1.165) is 56.6 Å². The van der Waals surface area contributed by atoms with Gasteiger partial charge in [0.1, 0.15) is 18.0 Å². The van der Waals surface area contributed by atoms with E-state index < -0.39 is 24.2 Å². The van der Waals surface area contributed by atoms with Gasteiger partial charge in [0.2, 0.25) is 5.91 Å². The Morgan fingerprint density at radius 1 is 1.26 bits per heavy atom. The summed E-state index contributed by atoms with van der Waals surface area (Å²) in [5, 5.41) is 15.1. The van der Waals surface area contributed by atoms with Crippen LogP contribution >= 0.6 is 0 Å². The molecule has 186 valence electrons. The summed E-state index contributed by atoms with van der Waals surface area (Å²) in [6.07, 6.45) is 5.33. The third-order valence-corrected chi connectivity index (χ3v) is 6.87. The Hall–Kier alpha value is -2.88. The predicted molar refractivity (Wildman–Crippen MR) is 124 cm³/mol. The summed E-state index contributed by atoms with van der Waals surface area (Å²) in [6.45, 7) is 3.38. The number of anilines is 1. The van der Waals surface area contributed by atoms with Gasteiger partial charge < -0.3 is 30.1 Å². The molecule has 10 heteroatoms. The van der Waals surface area contributed by atoms with Crippen LogP contribution in [0.2, 0.25) is 0 Å². The number of carbonyl (C=O) groups excluding carboxylic acids is 2. The Labute approximate surface area is 199 Å². The molecule has 0 spiro atoms. The van der Waals surface area contributed by atoms with Crippen LogP contribution in [0, 0.1) is 5.92 Å². The van der Waals surface area contributed by atoms with E-state index in [9.17, 15) is 19.5 Å². The van der Waals surface area contributed by atoms with Crippen LogP contribution in [0.1, 0.15) is 50.3 Å². The van der Waals surface area contributed by atoms with Gasteiger partial charge in [-0.05, 0) is 56.1 Å². The van der Waals surface area contributed by atoms with E-state index in [0.29, 0.717) is 19.0 Å². The predicted octanol–water partition coefficient (Wildman–Crippen LogP) is 1.97. The van der Waals surface area contributed by atoms with Crippen LogP contribution < -0.4 is 10.6 Å². The van der Waals surface area contributed by atoms with Crippen molar-refractivity contribution >= 4 is 23.8 Å². The number of rotatable bonds is 10. The maximum absolute atomic E-state index is 12.0. The molecule has 3 heterocycles. The number of alkyl carbamates (subject to hydrolysis) is 1. The van der Waals surface area contributed by atoms with Crippen molar-refractivity contribution in [2.24, 2.45) is 5.92 Å². The van der Waals surface area contributed by atoms with Gasteiger partial charge in [0, 0.05) is 32.2 Å². The highest BCUT2D eigenvalue weighted by Crippen LogP contribution is 2.34. The van der Waals surface area contributed by atoms with Crippen LogP contribution in [0.25, 0.3) is 0 Å². The van der Waals surface area contributed by atoms with E-state index in [1.807, 2.05) is 0 Å². The molecule has 1 aromatic heterocycles. The second-order valence-electron chi connectivity index (χ2n) is 9.48. The summed E-state index contributed by atoms with van der Waals surface area (Å²) >= 11 is 0. The fourth-order valence-electron chi connectivity index (χ4n) is 4.61. The summed E-state index contributed by atoms with van der Waals surface area (Å²) in [6, 6.07) is 3.25. The zero-order valence-electron chi connectivity index (χ0n) is 19.6. The van der Waals surface area contributed by atoms with Crippen molar-refractivity contribution in [2.45, 2.75) is 70.1 Å². The Kier molecular flexibility index (Phi) is 7.87. The van der Waals surface area contributed by atoms with Crippen LogP contribution in [-0.2, 0) is 31.9 Å². The number of carboxylic acids is 1. The molecule has 1 aliphatic carbocycles. The SMILES string of the molecule is CC(=O)N1CC(OC(=O)NC(CCOC2CC(CCc3ccc4c(n3)NCCC4)C2)C(=O)O)C1. The molecule has 4 rings (SSSR count). The Morgan fingerprint density at radius 3 is 2.79 bits per heavy atom. The first-order valence-corrected chi connectivity index (χ1v) is 12.2. The molecule has 0 radical (unpaired) electrons. The molecule has 2 amide bonds. The maximum atomic E-state index is 12.0. The van der Waals surface area contributed by atoms with Gasteiger partial charge in [-0.2, -0.15) is 0 Å². The van der Waals surface area contributed by atoms with Crippen molar-refractivity contribution in [3.05, 3.63) is 23.4 Å². The summed E-state index contributed by atoms with van der Waals surface area (Å²) in [4.78, 5) is 40.9. The van der Waals surface area contributed by atoms with E-state index in [4.69, 9.17) is 14.5 Å². The largest absolute Gasteiger partial charge is 0.480 e. The molecule has 1 unspecified atom stereocenters. The van der Waals surface area contributed by atoms with E-state index in [-0.39, 0.29) is 25.0 Å². The lowest BCUT2D eigenvalue weighted by molar-refractivity contribution is -0.140. The van der Waals surface area contributed by atoms with Crippen molar-refractivity contribution in [3.8, 4) is 0 Å². The average molecular weight is 475 g/mol. The van der Waals surface area contributed by atoms with E-state index in [1.54, 1.807) is 4.90 Å². The van der Waals surface area contributed by atoms with Gasteiger partial charge in [0.25, 0.3) is 0 Å². The van der Waals surface area contributed by atoms with Crippen molar-refractivity contribution in [1.29, 1.82) is 0 Å². The molecule has 1 saturated carbocycles. The summed E-state index contributed by atoms with van der Waals surface area (Å²) in [5.41, 5.74) is 2.42. The number of aromatic nitrogens is 1. The zero-order valence-corrected chi connectivity index (χ0v) is 19.6. The fraction of sp³-hybridized carbons (Fsp3) is 0.667. The second-order valence-corrected chi connectivity index (χ2v) is 9.48. The van der Waals surface area contributed by atoms with Crippen molar-refractivity contribution in [3.63, 3.8) is 0 Å². The van der Waals surface area contributed by atoms with E-state index in [1.165, 1.54) is 12.5 Å². The Balaban J connectivity index is 1.09. The molecule has 0 aromatic carbocycles. The molecule has 10 nitrogen and oxygen atoms in total. The number of pyridine rings is 1. The lowest BCUT2D eigenvalue weighted by Gasteiger charge is -2.37. The van der Waals surface area contributed by atoms with E-state index >= 15 is 0 Å². The maximum Gasteiger partial charge on any atom is 0.408 e. The third kappa shape index (κ3) is 6.37. The highest BCUT2D eigenvalue weighted by molar-refractivity contribution is 5.80. The topological polar surface area (TPSA) is 130 Å². The lowest BCUT2D eigenvalue weighted by atomic mass is 9.79. The number of likely N-dealkylation sites (tertiary alicyclic amines) is 1. The molecule has 2 aliphatic heterocycles. The quantitative estimate of drug-likeness (QED) is 0.469. The third-order valence-electron chi connectivity index (χ3n) is 6.87. The number of nitrogens with one attached hydrogen (secondary N) is 2. The number of aliphatic carboxylic acids is 1. The monoisotopic (exact) mass is 474 g/mol. The zero-order chi connectivity index (χ0) is 24.1. The molecule has 3 aliphatic rings. The van der Waals surface area contributed by atoms with Gasteiger partial charge in [0.05, 0.1) is 19.2 Å². The number of carbonyl (C=O) groups is 3. The minimum absolute atomic E-state index is 0.0772. The van der Waals surface area contributed by atoms with Crippen LogP contribution in [0.15, 0.2) is 12.1 Å². The molecule has 3 N–H and O–H groups in total. The minimum Gasteiger partial charge on any atom is -0.480 e. The number of hydrogen-bond donors (Lipinski definition) is 3. The minimum atomic E-state index is -1.13. The summed E-state index contributed by atoms with van der Waals surface area (Å²) in [7, 11) is 0. The molecule has 2 fully saturated rings. The molecule has 0 bridgehead atoms. The highest BCUT2D eigenvalue weighted by atomic mass is 16.6. The average Bonchev–Trinajstić information content (AvgIpc) is 2.75. The first kappa shape index (κ1) is 24.3. The van der Waals surface area contributed by atoms with Gasteiger partial charge in [-0.15, -0.1) is 0 Å². The van der Waals surface area contributed by atoms with Gasteiger partial charge in [-0.3, -0.25) is 4.79 Å². The smallest absolute Gasteiger partial charge is 0.408 e. The second kappa shape index (κ2) is 11.0. The van der Waals surface area contributed by atoms with Crippen LogP contribution in [0.3, 0.4) is 0 Å². The fourth-order valence-corrected chi connectivity index (χ4v) is 4.61. The number of amides is 2. The lowest BCUT2D eigenvalue weighted by Crippen LogP contribution is -2.56. The number of fused-ring (bicyclic) bond motifs is 1. The molecular weight excluding hydrogens is 440 g/mol. The van der Waals surface area contributed by atoms with Crippen LogP contribution in [0.4, 0.5) is 10.6 Å². The standard InChI is InChI=1S/C24H34N4O6/c1-15(29)28-13-20(14-28)34-24(32)27-21(23(30)31)8-10-33-19-11-16(12-19)4-6-18-7-5-17-3-2-9-25-22(17)26-18/h5,7,16,19-21H,2-4,6,8-14H2,1H3,(H,25,26)(H,27,32)(H,30,31). The molecular formula is C24H34N4O6. The van der Waals surface area contributed by atoms with Crippen molar-refractivity contribution in [1.82, 2.24) is 15.2 Å². The van der Waals surface area contributed by atoms with Gasteiger partial charge in [0.15, 0.2) is 0 Å². The van der Waals surface area contributed by atoms with Gasteiger partial charge in [-0.1, -0.05) is 6.07 Å². The van der Waals surface area contributed by atoms with Gasteiger partial charge >= 0.3 is 12.1 Å². The number of aryl methyl sites for hydroxylation is 2. The van der Waals surface area contributed by atoms with Crippen molar-refractivity contribution < 1.29 is 29.0 Å². The normalized spacial score (nSPS) is 22.4.